The van der Waals surface area contributed by atoms with E-state index in [1.807, 2.05) is 4.90 Å². The molecule has 140 valence electrons. The van der Waals surface area contributed by atoms with E-state index in [1.54, 1.807) is 0 Å². The molecule has 2 aliphatic rings. The fraction of sp³-hybridized carbons (Fsp3) is 0.842. The van der Waals surface area contributed by atoms with Gasteiger partial charge in [-0.1, -0.05) is 20.8 Å². The number of rotatable bonds is 4. The van der Waals surface area contributed by atoms with Crippen LogP contribution >= 0.6 is 0 Å². The molecule has 1 aromatic heterocycles. The van der Waals surface area contributed by atoms with Crippen LogP contribution in [0.4, 0.5) is 0 Å². The van der Waals surface area contributed by atoms with E-state index >= 15 is 0 Å². The van der Waals surface area contributed by atoms with Crippen molar-refractivity contribution in [2.75, 3.05) is 26.2 Å². The predicted molar refractivity (Wildman–Crippen MR) is 98.1 cm³/mol. The Labute approximate surface area is 151 Å². The normalized spacial score (nSPS) is 22.6. The van der Waals surface area contributed by atoms with Gasteiger partial charge in [0.15, 0.2) is 0 Å². The average Bonchev–Trinajstić information content (AvgIpc) is 3.17. The molecule has 0 aliphatic carbocycles. The first kappa shape index (κ1) is 18.4. The van der Waals surface area contributed by atoms with Crippen molar-refractivity contribution in [3.05, 3.63) is 11.6 Å². The monoisotopic (exact) mass is 347 g/mol. The van der Waals surface area contributed by atoms with Gasteiger partial charge in [-0.15, -0.1) is 10.2 Å². The summed E-state index contributed by atoms with van der Waals surface area (Å²) < 4.78 is 2.17. The van der Waals surface area contributed by atoms with Gasteiger partial charge in [0.05, 0.1) is 6.54 Å². The van der Waals surface area contributed by atoms with Crippen molar-refractivity contribution in [1.29, 1.82) is 0 Å². The van der Waals surface area contributed by atoms with Crippen LogP contribution in [0.15, 0.2) is 0 Å². The van der Waals surface area contributed by atoms with Crippen LogP contribution in [0, 0.1) is 5.41 Å². The molecule has 1 aromatic rings. The molecule has 25 heavy (non-hydrogen) atoms. The van der Waals surface area contributed by atoms with Crippen LogP contribution in [0.2, 0.25) is 0 Å². The van der Waals surface area contributed by atoms with E-state index < -0.39 is 0 Å². The Morgan fingerprint density at radius 3 is 2.52 bits per heavy atom. The first-order valence-corrected chi connectivity index (χ1v) is 9.72. The van der Waals surface area contributed by atoms with Crippen molar-refractivity contribution in [3.8, 4) is 0 Å². The second kappa shape index (κ2) is 7.44. The highest BCUT2D eigenvalue weighted by Gasteiger charge is 2.30. The van der Waals surface area contributed by atoms with Crippen LogP contribution in [0.3, 0.4) is 0 Å². The van der Waals surface area contributed by atoms with E-state index in [1.165, 1.54) is 25.9 Å². The lowest BCUT2D eigenvalue weighted by Crippen LogP contribution is -2.41. The van der Waals surface area contributed by atoms with E-state index in [0.29, 0.717) is 12.3 Å². The van der Waals surface area contributed by atoms with Gasteiger partial charge in [-0.05, 0) is 44.2 Å². The van der Waals surface area contributed by atoms with Gasteiger partial charge >= 0.3 is 0 Å². The number of aromatic nitrogens is 3. The summed E-state index contributed by atoms with van der Waals surface area (Å²) in [6.45, 7) is 11.3. The Morgan fingerprint density at radius 2 is 1.84 bits per heavy atom. The number of nitrogens with zero attached hydrogens (tertiary/aromatic N) is 5. The molecule has 0 unspecified atom stereocenters. The molecule has 2 fully saturated rings. The minimum atomic E-state index is 0.0394. The first-order valence-electron chi connectivity index (χ1n) is 9.72. The zero-order chi connectivity index (χ0) is 18.0. The van der Waals surface area contributed by atoms with Gasteiger partial charge in [0, 0.05) is 32.5 Å². The molecule has 1 atom stereocenters. The summed E-state index contributed by atoms with van der Waals surface area (Å²) in [5.74, 6) is 2.68. The highest BCUT2D eigenvalue weighted by atomic mass is 16.2. The Morgan fingerprint density at radius 1 is 1.12 bits per heavy atom. The number of likely N-dealkylation sites (tertiary alicyclic amines) is 2. The fourth-order valence-electron chi connectivity index (χ4n) is 3.99. The number of carbonyl (C=O) groups is 1. The van der Waals surface area contributed by atoms with E-state index in [4.69, 9.17) is 0 Å². The van der Waals surface area contributed by atoms with Crippen molar-refractivity contribution in [3.63, 3.8) is 0 Å². The van der Waals surface area contributed by atoms with E-state index in [0.717, 1.165) is 44.1 Å². The number of carbonyl (C=O) groups excluding carboxylic acids is 1. The van der Waals surface area contributed by atoms with Gasteiger partial charge < -0.3 is 9.47 Å². The van der Waals surface area contributed by atoms with Crippen molar-refractivity contribution in [2.45, 2.75) is 65.3 Å². The molecule has 3 rings (SSSR count). The lowest BCUT2D eigenvalue weighted by molar-refractivity contribution is -0.134. The molecule has 0 radical (unpaired) electrons. The third-order valence-electron chi connectivity index (χ3n) is 5.38. The van der Waals surface area contributed by atoms with E-state index in [9.17, 15) is 4.79 Å². The largest absolute Gasteiger partial charge is 0.342 e. The molecule has 0 spiro atoms. The second-order valence-corrected chi connectivity index (χ2v) is 8.93. The minimum absolute atomic E-state index is 0.0394. The SMILES string of the molecule is Cn1c(CN2CCCC2)nnc1[C@H]1CCCN(C(=O)CC(C)(C)C)C1. The Bertz CT molecular complexity index is 597. The van der Waals surface area contributed by atoms with Crippen LogP contribution < -0.4 is 0 Å². The zero-order valence-electron chi connectivity index (χ0n) is 16.3. The molecular weight excluding hydrogens is 314 g/mol. The highest BCUT2D eigenvalue weighted by Crippen LogP contribution is 2.28. The van der Waals surface area contributed by atoms with Crippen molar-refractivity contribution >= 4 is 5.91 Å². The third kappa shape index (κ3) is 4.60. The van der Waals surface area contributed by atoms with Crippen LogP contribution in [0.1, 0.15) is 70.4 Å². The Hall–Kier alpha value is -1.43. The fourth-order valence-corrected chi connectivity index (χ4v) is 3.99. The number of hydrogen-bond donors (Lipinski definition) is 0. The van der Waals surface area contributed by atoms with E-state index in [-0.39, 0.29) is 11.3 Å². The third-order valence-corrected chi connectivity index (χ3v) is 5.38. The quantitative estimate of drug-likeness (QED) is 0.840. The van der Waals surface area contributed by atoms with Crippen molar-refractivity contribution in [1.82, 2.24) is 24.6 Å². The molecule has 0 N–H and O–H groups in total. The number of piperidine rings is 1. The maximum Gasteiger partial charge on any atom is 0.223 e. The molecule has 2 saturated heterocycles. The maximum atomic E-state index is 12.6. The topological polar surface area (TPSA) is 54.3 Å². The van der Waals surface area contributed by atoms with Crippen LogP contribution in [-0.2, 0) is 18.4 Å². The molecule has 6 heteroatoms. The van der Waals surface area contributed by atoms with Crippen molar-refractivity contribution < 1.29 is 4.79 Å². The molecular formula is C19H33N5O. The molecule has 6 nitrogen and oxygen atoms in total. The summed E-state index contributed by atoms with van der Waals surface area (Å²) >= 11 is 0. The first-order chi connectivity index (χ1) is 11.8. The van der Waals surface area contributed by atoms with Gasteiger partial charge in [0.25, 0.3) is 0 Å². The lowest BCUT2D eigenvalue weighted by atomic mass is 9.90. The second-order valence-electron chi connectivity index (χ2n) is 8.93. The van der Waals surface area contributed by atoms with Crippen molar-refractivity contribution in [2.24, 2.45) is 12.5 Å². The summed E-state index contributed by atoms with van der Waals surface area (Å²) in [5, 5.41) is 8.95. The molecule has 0 bridgehead atoms. The zero-order valence-corrected chi connectivity index (χ0v) is 16.3. The lowest BCUT2D eigenvalue weighted by Gasteiger charge is -2.34. The van der Waals surface area contributed by atoms with Gasteiger partial charge in [-0.25, -0.2) is 0 Å². The summed E-state index contributed by atoms with van der Waals surface area (Å²) in [5.41, 5.74) is 0.0394. The van der Waals surface area contributed by atoms with E-state index in [2.05, 4.69) is 47.5 Å². The van der Waals surface area contributed by atoms with Gasteiger partial charge in [0.2, 0.25) is 5.91 Å². The summed E-state index contributed by atoms with van der Waals surface area (Å²) in [6.07, 6.45) is 5.33. The summed E-state index contributed by atoms with van der Waals surface area (Å²) in [6, 6.07) is 0. The Balaban J connectivity index is 1.65. The molecule has 0 saturated carbocycles. The van der Waals surface area contributed by atoms with Gasteiger partial charge in [-0.2, -0.15) is 0 Å². The molecule has 1 amide bonds. The van der Waals surface area contributed by atoms with Crippen LogP contribution in [-0.4, -0.2) is 56.7 Å². The molecule has 3 heterocycles. The molecule has 0 aromatic carbocycles. The van der Waals surface area contributed by atoms with Gasteiger partial charge in [0.1, 0.15) is 11.6 Å². The standard InChI is InChI=1S/C19H33N5O/c1-19(2,3)12-17(25)24-11-7-8-15(13-24)18-21-20-16(22(18)4)14-23-9-5-6-10-23/h15H,5-14H2,1-4H3/t15-/m0/s1. The predicted octanol–water partition coefficient (Wildman–Crippen LogP) is 2.55. The Kier molecular flexibility index (Phi) is 5.46. The summed E-state index contributed by atoms with van der Waals surface area (Å²) in [4.78, 5) is 17.1. The number of amides is 1. The number of hydrogen-bond acceptors (Lipinski definition) is 4. The van der Waals surface area contributed by atoms with Crippen LogP contribution in [0.25, 0.3) is 0 Å². The smallest absolute Gasteiger partial charge is 0.223 e. The summed E-state index contributed by atoms with van der Waals surface area (Å²) in [7, 11) is 2.08. The molecule has 2 aliphatic heterocycles. The van der Waals surface area contributed by atoms with Gasteiger partial charge in [-0.3, -0.25) is 9.69 Å². The average molecular weight is 348 g/mol. The minimum Gasteiger partial charge on any atom is -0.342 e. The highest BCUT2D eigenvalue weighted by molar-refractivity contribution is 5.77. The maximum absolute atomic E-state index is 12.6. The van der Waals surface area contributed by atoms with Crippen LogP contribution in [0.5, 0.6) is 0 Å².